The molecule has 0 saturated carbocycles. The molecule has 0 bridgehead atoms. The number of aryl methyl sites for hydroxylation is 1. The van der Waals surface area contributed by atoms with E-state index in [1.165, 1.54) is 11.8 Å². The summed E-state index contributed by atoms with van der Waals surface area (Å²) in [7, 11) is 1.58. The quantitative estimate of drug-likeness (QED) is 0.591. The molecule has 1 aliphatic rings. The van der Waals surface area contributed by atoms with Crippen molar-refractivity contribution in [1.82, 2.24) is 14.9 Å². The van der Waals surface area contributed by atoms with E-state index in [1.54, 1.807) is 7.11 Å². The smallest absolute Gasteiger partial charge is 0.240 e. The maximum absolute atomic E-state index is 13.2. The van der Waals surface area contributed by atoms with Gasteiger partial charge in [-0.3, -0.25) is 4.79 Å². The summed E-state index contributed by atoms with van der Waals surface area (Å²) in [6.07, 6.45) is 1.74. The van der Waals surface area contributed by atoms with Crippen LogP contribution in [0, 0.1) is 0 Å². The summed E-state index contributed by atoms with van der Waals surface area (Å²) in [4.78, 5) is 13.2. The third-order valence-electron chi connectivity index (χ3n) is 4.81. The molecule has 30 heavy (non-hydrogen) atoms. The number of methoxy groups -OCH3 is 1. The van der Waals surface area contributed by atoms with Crippen molar-refractivity contribution < 1.29 is 9.53 Å². The van der Waals surface area contributed by atoms with E-state index in [0.717, 1.165) is 29.9 Å². The van der Waals surface area contributed by atoms with Gasteiger partial charge in [-0.2, -0.15) is 0 Å². The fourth-order valence-corrected chi connectivity index (χ4v) is 4.71. The van der Waals surface area contributed by atoms with Crippen molar-refractivity contribution in [3.63, 3.8) is 0 Å². The van der Waals surface area contributed by atoms with Gasteiger partial charge in [0.05, 0.1) is 18.2 Å². The number of para-hydroxylation sites is 1. The topological polar surface area (TPSA) is 81.1 Å². The molecule has 4 rings (SSSR count). The average molecular weight is 444 g/mol. The van der Waals surface area contributed by atoms with Gasteiger partial charge in [0, 0.05) is 12.1 Å². The van der Waals surface area contributed by atoms with Crippen LogP contribution in [0.25, 0.3) is 0 Å². The molecular weight excluding hydrogens is 422 g/mol. The summed E-state index contributed by atoms with van der Waals surface area (Å²) in [5, 5.41) is 12.3. The number of hydrogen-bond donors (Lipinski definition) is 2. The zero-order valence-electron chi connectivity index (χ0n) is 16.6. The van der Waals surface area contributed by atoms with Crippen LogP contribution in [0.4, 0.5) is 5.69 Å². The molecule has 0 saturated heterocycles. The molecule has 1 aliphatic heterocycles. The van der Waals surface area contributed by atoms with E-state index in [-0.39, 0.29) is 11.9 Å². The normalized spacial score (nSPS) is 17.7. The van der Waals surface area contributed by atoms with Crippen molar-refractivity contribution in [2.75, 3.05) is 17.9 Å². The number of fused-ring (bicyclic) bond motifs is 1. The van der Waals surface area contributed by atoms with E-state index in [9.17, 15) is 4.79 Å². The van der Waals surface area contributed by atoms with Crippen molar-refractivity contribution in [3.05, 3.63) is 64.9 Å². The van der Waals surface area contributed by atoms with Crippen LogP contribution in [-0.4, -0.2) is 33.1 Å². The second kappa shape index (κ2) is 8.97. The van der Waals surface area contributed by atoms with Gasteiger partial charge in [-0.15, -0.1) is 10.2 Å². The number of nitrogens with zero attached hydrogens (tertiary/aromatic N) is 3. The minimum atomic E-state index is -0.471. The fraction of sp³-hybridized carbons (Fsp3) is 0.286. The van der Waals surface area contributed by atoms with E-state index < -0.39 is 5.25 Å². The predicted octanol–water partition coefficient (Wildman–Crippen LogP) is 4.29. The van der Waals surface area contributed by atoms with Crippen LogP contribution in [0.3, 0.4) is 0 Å². The number of thioether (sulfide) groups is 1. The highest BCUT2D eigenvalue weighted by atomic mass is 35.5. The summed E-state index contributed by atoms with van der Waals surface area (Å²) < 4.78 is 7.15. The first-order chi connectivity index (χ1) is 14.6. The van der Waals surface area contributed by atoms with Gasteiger partial charge < -0.3 is 15.5 Å². The van der Waals surface area contributed by atoms with Crippen LogP contribution in [-0.2, 0) is 11.2 Å². The molecule has 2 aromatic carbocycles. The number of halogens is 1. The number of rotatable bonds is 6. The standard InChI is InChI=1S/C21H22ClN5O2S/c1-3-7-17-24-25-21-27(17)26-18(13-10-11-16(29-2)15(22)12-13)19(30-21)20(28)23-14-8-5-4-6-9-14/h4-6,8-12,18-19,26H,3,7H2,1-2H3,(H,23,28). The summed E-state index contributed by atoms with van der Waals surface area (Å²) in [6.45, 7) is 2.09. The Kier molecular flexibility index (Phi) is 6.15. The maximum Gasteiger partial charge on any atom is 0.240 e. The number of carbonyl (C=O) groups is 1. The molecule has 0 fully saturated rings. The molecule has 2 unspecified atom stereocenters. The molecule has 156 valence electrons. The number of benzene rings is 2. The van der Waals surface area contributed by atoms with Gasteiger partial charge in [0.15, 0.2) is 5.82 Å². The molecule has 1 aromatic heterocycles. The summed E-state index contributed by atoms with van der Waals surface area (Å²) in [5.74, 6) is 1.30. The number of hydrogen-bond acceptors (Lipinski definition) is 6. The largest absolute Gasteiger partial charge is 0.495 e. The molecule has 1 amide bonds. The van der Waals surface area contributed by atoms with E-state index in [0.29, 0.717) is 15.9 Å². The lowest BCUT2D eigenvalue weighted by Crippen LogP contribution is -2.41. The van der Waals surface area contributed by atoms with Gasteiger partial charge in [0.2, 0.25) is 11.1 Å². The molecule has 2 N–H and O–H groups in total. The van der Waals surface area contributed by atoms with Crippen LogP contribution in [0.2, 0.25) is 5.02 Å². The molecular formula is C21H22ClN5O2S. The number of aromatic nitrogens is 3. The SMILES string of the molecule is CCCc1nnc2n1NC(c1ccc(OC)c(Cl)c1)C(C(=O)Nc1ccccc1)S2. The average Bonchev–Trinajstić information content (AvgIpc) is 3.15. The zero-order chi connectivity index (χ0) is 21.1. The number of ether oxygens (including phenoxy) is 1. The van der Waals surface area contributed by atoms with Crippen LogP contribution >= 0.6 is 23.4 Å². The Morgan fingerprint density at radius 1 is 1.27 bits per heavy atom. The van der Waals surface area contributed by atoms with Crippen molar-refractivity contribution in [3.8, 4) is 5.75 Å². The number of nitrogens with one attached hydrogen (secondary N) is 2. The highest BCUT2D eigenvalue weighted by Crippen LogP contribution is 2.39. The Balaban J connectivity index is 1.69. The second-order valence-electron chi connectivity index (χ2n) is 6.88. The van der Waals surface area contributed by atoms with Gasteiger partial charge in [-0.05, 0) is 36.2 Å². The van der Waals surface area contributed by atoms with Crippen LogP contribution in [0.15, 0.2) is 53.7 Å². The third kappa shape index (κ3) is 4.11. The van der Waals surface area contributed by atoms with Crippen LogP contribution in [0.5, 0.6) is 5.75 Å². The first-order valence-corrected chi connectivity index (χ1v) is 10.9. The molecule has 9 heteroatoms. The number of amides is 1. The van der Waals surface area contributed by atoms with E-state index in [1.807, 2.05) is 53.2 Å². The van der Waals surface area contributed by atoms with E-state index in [4.69, 9.17) is 16.3 Å². The molecule has 2 heterocycles. The fourth-order valence-electron chi connectivity index (χ4n) is 3.35. The van der Waals surface area contributed by atoms with E-state index in [2.05, 4.69) is 27.9 Å². The Morgan fingerprint density at radius 3 is 2.77 bits per heavy atom. The zero-order valence-corrected chi connectivity index (χ0v) is 18.2. The monoisotopic (exact) mass is 443 g/mol. The summed E-state index contributed by atoms with van der Waals surface area (Å²) >= 11 is 7.76. The Labute approximate surface area is 184 Å². The summed E-state index contributed by atoms with van der Waals surface area (Å²) in [5.41, 5.74) is 5.06. The molecule has 0 spiro atoms. The minimum absolute atomic E-state index is 0.123. The Bertz CT molecular complexity index is 1040. The number of carbonyl (C=O) groups excluding carboxylic acids is 1. The Morgan fingerprint density at radius 2 is 2.07 bits per heavy atom. The molecule has 0 aliphatic carbocycles. The van der Waals surface area contributed by atoms with Gasteiger partial charge in [-0.25, -0.2) is 4.68 Å². The van der Waals surface area contributed by atoms with Crippen molar-refractivity contribution in [2.24, 2.45) is 0 Å². The molecule has 2 atom stereocenters. The van der Waals surface area contributed by atoms with Gasteiger partial charge >= 0.3 is 0 Å². The first-order valence-electron chi connectivity index (χ1n) is 9.67. The van der Waals surface area contributed by atoms with Gasteiger partial charge in [-0.1, -0.05) is 54.6 Å². The van der Waals surface area contributed by atoms with Crippen LogP contribution < -0.4 is 15.5 Å². The van der Waals surface area contributed by atoms with E-state index >= 15 is 0 Å². The number of anilines is 1. The predicted molar refractivity (Wildman–Crippen MR) is 119 cm³/mol. The minimum Gasteiger partial charge on any atom is -0.495 e. The molecule has 7 nitrogen and oxygen atoms in total. The molecule has 3 aromatic rings. The van der Waals surface area contributed by atoms with Gasteiger partial charge in [0.1, 0.15) is 11.0 Å². The second-order valence-corrected chi connectivity index (χ2v) is 8.39. The third-order valence-corrected chi connectivity index (χ3v) is 6.32. The van der Waals surface area contributed by atoms with Crippen molar-refractivity contribution >= 4 is 35.0 Å². The lowest BCUT2D eigenvalue weighted by molar-refractivity contribution is -0.116. The van der Waals surface area contributed by atoms with Crippen LogP contribution in [0.1, 0.15) is 30.8 Å². The lowest BCUT2D eigenvalue weighted by atomic mass is 10.0. The maximum atomic E-state index is 13.2. The van der Waals surface area contributed by atoms with Crippen molar-refractivity contribution in [2.45, 2.75) is 36.2 Å². The first kappa shape index (κ1) is 20.6. The Hall–Kier alpha value is -2.71. The van der Waals surface area contributed by atoms with Gasteiger partial charge in [0.25, 0.3) is 0 Å². The highest BCUT2D eigenvalue weighted by molar-refractivity contribution is 8.00. The molecule has 0 radical (unpaired) electrons. The lowest BCUT2D eigenvalue weighted by Gasteiger charge is -2.33. The summed E-state index contributed by atoms with van der Waals surface area (Å²) in [6, 6.07) is 14.6. The van der Waals surface area contributed by atoms with Crippen molar-refractivity contribution in [1.29, 1.82) is 0 Å². The highest BCUT2D eigenvalue weighted by Gasteiger charge is 2.38.